The number of aryl methyl sites for hydroxylation is 1. The van der Waals surface area contributed by atoms with Crippen LogP contribution in [0.5, 0.6) is 5.75 Å². The predicted molar refractivity (Wildman–Crippen MR) is 78.0 cm³/mol. The van der Waals surface area contributed by atoms with E-state index < -0.39 is 10.0 Å². The lowest BCUT2D eigenvalue weighted by Crippen LogP contribution is -2.13. The summed E-state index contributed by atoms with van der Waals surface area (Å²) in [6, 6.07) is 11.5. The third-order valence-corrected chi connectivity index (χ3v) is 3.84. The molecule has 0 unspecified atom stereocenters. The molecule has 2 aromatic carbocycles. The minimum absolute atomic E-state index is 0.0708. The zero-order valence-electron chi connectivity index (χ0n) is 11.0. The second-order valence-corrected chi connectivity index (χ2v) is 6.11. The summed E-state index contributed by atoms with van der Waals surface area (Å²) in [5.74, 6) is 0.194. The first-order valence-corrected chi connectivity index (χ1v) is 7.56. The van der Waals surface area contributed by atoms with Gasteiger partial charge in [-0.2, -0.15) is 0 Å². The first-order valence-electron chi connectivity index (χ1n) is 6.01. The molecule has 0 heterocycles. The molecule has 0 aliphatic carbocycles. The SMILES string of the molecule is Cc1ccc(S(N)(=O)=O)cc1NCc1cccc(O)c1. The fourth-order valence-electron chi connectivity index (χ4n) is 1.83. The quantitative estimate of drug-likeness (QED) is 0.803. The van der Waals surface area contributed by atoms with Crippen LogP contribution in [0.4, 0.5) is 5.69 Å². The van der Waals surface area contributed by atoms with Gasteiger partial charge in [-0.15, -0.1) is 0 Å². The van der Waals surface area contributed by atoms with Gasteiger partial charge in [0.1, 0.15) is 5.75 Å². The highest BCUT2D eigenvalue weighted by Crippen LogP contribution is 2.20. The standard InChI is InChI=1S/C14H16N2O3S/c1-10-5-6-13(20(15,18)19)8-14(10)16-9-11-3-2-4-12(17)7-11/h2-8,16-17H,9H2,1H3,(H2,15,18,19). The van der Waals surface area contributed by atoms with E-state index in [-0.39, 0.29) is 10.6 Å². The molecule has 0 saturated carbocycles. The van der Waals surface area contributed by atoms with E-state index >= 15 is 0 Å². The van der Waals surface area contributed by atoms with Gasteiger partial charge in [0.05, 0.1) is 4.90 Å². The van der Waals surface area contributed by atoms with Gasteiger partial charge in [0, 0.05) is 12.2 Å². The van der Waals surface area contributed by atoms with E-state index in [1.807, 2.05) is 13.0 Å². The molecule has 6 heteroatoms. The van der Waals surface area contributed by atoms with E-state index in [0.29, 0.717) is 12.2 Å². The van der Waals surface area contributed by atoms with Crippen LogP contribution in [0.25, 0.3) is 0 Å². The summed E-state index contributed by atoms with van der Waals surface area (Å²) >= 11 is 0. The highest BCUT2D eigenvalue weighted by atomic mass is 32.2. The fraction of sp³-hybridized carbons (Fsp3) is 0.143. The number of phenols is 1. The van der Waals surface area contributed by atoms with Gasteiger partial charge in [0.2, 0.25) is 10.0 Å². The van der Waals surface area contributed by atoms with Gasteiger partial charge in [0.15, 0.2) is 0 Å². The Bertz CT molecular complexity index is 727. The van der Waals surface area contributed by atoms with Gasteiger partial charge in [-0.25, -0.2) is 13.6 Å². The second kappa shape index (κ2) is 5.52. The van der Waals surface area contributed by atoms with Crippen molar-refractivity contribution in [3.8, 4) is 5.75 Å². The number of sulfonamides is 1. The predicted octanol–water partition coefficient (Wildman–Crippen LogP) is 1.96. The number of anilines is 1. The molecule has 0 bridgehead atoms. The molecule has 2 rings (SSSR count). The van der Waals surface area contributed by atoms with E-state index in [4.69, 9.17) is 5.14 Å². The Morgan fingerprint density at radius 3 is 2.60 bits per heavy atom. The number of primary sulfonamides is 1. The molecule has 20 heavy (non-hydrogen) atoms. The number of hydrogen-bond acceptors (Lipinski definition) is 4. The Morgan fingerprint density at radius 1 is 1.20 bits per heavy atom. The lowest BCUT2D eigenvalue weighted by Gasteiger charge is -2.11. The maximum absolute atomic E-state index is 11.3. The van der Waals surface area contributed by atoms with Crippen molar-refractivity contribution < 1.29 is 13.5 Å². The van der Waals surface area contributed by atoms with E-state index in [9.17, 15) is 13.5 Å². The van der Waals surface area contributed by atoms with Gasteiger partial charge in [-0.1, -0.05) is 18.2 Å². The molecular weight excluding hydrogens is 276 g/mol. The Kier molecular flexibility index (Phi) is 3.96. The topological polar surface area (TPSA) is 92.4 Å². The molecule has 0 amide bonds. The van der Waals surface area contributed by atoms with Crippen LogP contribution in [0.3, 0.4) is 0 Å². The molecule has 0 saturated heterocycles. The summed E-state index contributed by atoms with van der Waals surface area (Å²) in [6.07, 6.45) is 0. The van der Waals surface area contributed by atoms with Crippen molar-refractivity contribution in [3.05, 3.63) is 53.6 Å². The van der Waals surface area contributed by atoms with Crippen LogP contribution < -0.4 is 10.5 Å². The Labute approximate surface area is 118 Å². The van der Waals surface area contributed by atoms with Crippen molar-refractivity contribution in [3.63, 3.8) is 0 Å². The van der Waals surface area contributed by atoms with Gasteiger partial charge in [0.25, 0.3) is 0 Å². The Balaban J connectivity index is 2.21. The van der Waals surface area contributed by atoms with E-state index in [1.54, 1.807) is 24.3 Å². The summed E-state index contributed by atoms with van der Waals surface area (Å²) in [5, 5.41) is 17.6. The maximum atomic E-state index is 11.3. The van der Waals surface area contributed by atoms with Crippen molar-refractivity contribution in [1.82, 2.24) is 0 Å². The molecule has 0 aliphatic rings. The van der Waals surface area contributed by atoms with Crippen LogP contribution in [-0.4, -0.2) is 13.5 Å². The molecule has 0 radical (unpaired) electrons. The number of hydrogen-bond donors (Lipinski definition) is 3. The Hall–Kier alpha value is -2.05. The molecule has 0 fully saturated rings. The van der Waals surface area contributed by atoms with Crippen LogP contribution in [0.15, 0.2) is 47.4 Å². The molecule has 0 aliphatic heterocycles. The van der Waals surface area contributed by atoms with Gasteiger partial charge < -0.3 is 10.4 Å². The van der Waals surface area contributed by atoms with Crippen LogP contribution in [0.2, 0.25) is 0 Å². The average Bonchev–Trinajstić information content (AvgIpc) is 2.36. The number of nitrogens with one attached hydrogen (secondary N) is 1. The summed E-state index contributed by atoms with van der Waals surface area (Å²) in [7, 11) is -3.71. The van der Waals surface area contributed by atoms with E-state index in [1.165, 1.54) is 12.1 Å². The first kappa shape index (κ1) is 14.4. The van der Waals surface area contributed by atoms with Gasteiger partial charge in [-0.3, -0.25) is 0 Å². The maximum Gasteiger partial charge on any atom is 0.238 e. The molecule has 4 N–H and O–H groups in total. The highest BCUT2D eigenvalue weighted by molar-refractivity contribution is 7.89. The van der Waals surface area contributed by atoms with Crippen molar-refractivity contribution in [2.45, 2.75) is 18.4 Å². The summed E-state index contributed by atoms with van der Waals surface area (Å²) in [5.41, 5.74) is 2.50. The number of benzene rings is 2. The van der Waals surface area contributed by atoms with Crippen molar-refractivity contribution in [2.75, 3.05) is 5.32 Å². The lowest BCUT2D eigenvalue weighted by molar-refractivity contribution is 0.474. The van der Waals surface area contributed by atoms with Crippen molar-refractivity contribution >= 4 is 15.7 Å². The van der Waals surface area contributed by atoms with Crippen LogP contribution in [0.1, 0.15) is 11.1 Å². The van der Waals surface area contributed by atoms with Crippen LogP contribution in [-0.2, 0) is 16.6 Å². The molecule has 0 spiro atoms. The van der Waals surface area contributed by atoms with E-state index in [0.717, 1.165) is 11.1 Å². The smallest absolute Gasteiger partial charge is 0.238 e. The monoisotopic (exact) mass is 292 g/mol. The van der Waals surface area contributed by atoms with Gasteiger partial charge >= 0.3 is 0 Å². The van der Waals surface area contributed by atoms with Crippen LogP contribution >= 0.6 is 0 Å². The van der Waals surface area contributed by atoms with Crippen molar-refractivity contribution in [2.24, 2.45) is 5.14 Å². The minimum Gasteiger partial charge on any atom is -0.508 e. The van der Waals surface area contributed by atoms with Crippen molar-refractivity contribution in [1.29, 1.82) is 0 Å². The average molecular weight is 292 g/mol. The third-order valence-electron chi connectivity index (χ3n) is 2.93. The number of nitrogens with two attached hydrogens (primary N) is 1. The third kappa shape index (κ3) is 3.49. The lowest BCUT2D eigenvalue weighted by atomic mass is 10.1. The first-order chi connectivity index (χ1) is 9.36. The molecule has 5 nitrogen and oxygen atoms in total. The zero-order chi connectivity index (χ0) is 14.8. The number of aromatic hydroxyl groups is 1. The van der Waals surface area contributed by atoms with Crippen LogP contribution in [0, 0.1) is 6.92 Å². The highest BCUT2D eigenvalue weighted by Gasteiger charge is 2.09. The normalized spacial score (nSPS) is 11.3. The minimum atomic E-state index is -3.71. The second-order valence-electron chi connectivity index (χ2n) is 4.55. The fourth-order valence-corrected chi connectivity index (χ4v) is 2.37. The van der Waals surface area contributed by atoms with E-state index in [2.05, 4.69) is 5.32 Å². The summed E-state index contributed by atoms with van der Waals surface area (Å²) < 4.78 is 22.7. The molecule has 0 atom stereocenters. The summed E-state index contributed by atoms with van der Waals surface area (Å²) in [4.78, 5) is 0.0708. The summed E-state index contributed by atoms with van der Waals surface area (Å²) in [6.45, 7) is 2.35. The number of phenolic OH excluding ortho intramolecular Hbond substituents is 1. The van der Waals surface area contributed by atoms with Gasteiger partial charge in [-0.05, 0) is 42.3 Å². The molecule has 0 aromatic heterocycles. The number of rotatable bonds is 4. The zero-order valence-corrected chi connectivity index (χ0v) is 11.8. The molecule has 2 aromatic rings. The Morgan fingerprint density at radius 2 is 1.95 bits per heavy atom. The molecule has 106 valence electrons. The largest absolute Gasteiger partial charge is 0.508 e. The molecular formula is C14H16N2O3S.